The van der Waals surface area contributed by atoms with Gasteiger partial charge in [-0.15, -0.1) is 0 Å². The van der Waals surface area contributed by atoms with Gasteiger partial charge in [0.2, 0.25) is 5.82 Å². The van der Waals surface area contributed by atoms with E-state index in [1.165, 1.54) is 12.1 Å². The molecule has 0 aromatic heterocycles. The molecule has 1 saturated carbocycles. The van der Waals surface area contributed by atoms with Crippen LogP contribution < -0.4 is 9.47 Å². The number of halogens is 3. The van der Waals surface area contributed by atoms with E-state index in [2.05, 4.69) is 0 Å². The van der Waals surface area contributed by atoms with Gasteiger partial charge in [0.1, 0.15) is 0 Å². The molecule has 1 atom stereocenters. The summed E-state index contributed by atoms with van der Waals surface area (Å²) in [5.41, 5.74) is 0.949. The number of benzene rings is 2. The van der Waals surface area contributed by atoms with Crippen LogP contribution in [0.5, 0.6) is 11.5 Å². The second kappa shape index (κ2) is 10.9. The highest BCUT2D eigenvalue weighted by Crippen LogP contribution is 2.39. The molecule has 0 bridgehead atoms. The van der Waals surface area contributed by atoms with Gasteiger partial charge in [0.05, 0.1) is 19.3 Å². The van der Waals surface area contributed by atoms with E-state index in [0.717, 1.165) is 32.1 Å². The van der Waals surface area contributed by atoms with Crippen molar-refractivity contribution in [3.05, 3.63) is 58.9 Å². The highest BCUT2D eigenvalue weighted by molar-refractivity contribution is 5.33. The van der Waals surface area contributed by atoms with Crippen molar-refractivity contribution < 1.29 is 27.8 Å². The number of hydrogen-bond acceptors (Lipinski definition) is 3. The fourth-order valence-electron chi connectivity index (χ4n) is 4.26. The quantitative estimate of drug-likeness (QED) is 0.476. The van der Waals surface area contributed by atoms with E-state index in [-0.39, 0.29) is 29.9 Å². The van der Waals surface area contributed by atoms with Crippen molar-refractivity contribution in [2.45, 2.75) is 64.4 Å². The Balaban J connectivity index is 1.53. The second-order valence-electron chi connectivity index (χ2n) is 8.24. The summed E-state index contributed by atoms with van der Waals surface area (Å²) in [4.78, 5) is 0. The molecule has 0 amide bonds. The summed E-state index contributed by atoms with van der Waals surface area (Å²) in [6.07, 6.45) is 3.78. The van der Waals surface area contributed by atoms with E-state index in [1.807, 2.05) is 6.92 Å². The Hall–Kier alpha value is -2.21. The SMILES string of the molecule is CCCC(O)c1ccc(OCC2CCC(c3ccc(OCC)c(F)c3F)CC2)c(F)c1. The highest BCUT2D eigenvalue weighted by Gasteiger charge is 2.27. The summed E-state index contributed by atoms with van der Waals surface area (Å²) in [5, 5.41) is 10.0. The average Bonchev–Trinajstić information content (AvgIpc) is 2.77. The zero-order chi connectivity index (χ0) is 22.4. The van der Waals surface area contributed by atoms with Gasteiger partial charge in [-0.1, -0.05) is 25.5 Å². The van der Waals surface area contributed by atoms with Crippen molar-refractivity contribution >= 4 is 0 Å². The molecule has 6 heteroatoms. The number of rotatable bonds is 9. The summed E-state index contributed by atoms with van der Waals surface area (Å²) in [6, 6.07) is 7.70. The molecule has 2 aromatic rings. The van der Waals surface area contributed by atoms with Crippen LogP contribution in [0.25, 0.3) is 0 Å². The van der Waals surface area contributed by atoms with Crippen LogP contribution in [0.2, 0.25) is 0 Å². The molecular formula is C25H31F3O3. The van der Waals surface area contributed by atoms with E-state index in [0.29, 0.717) is 24.2 Å². The van der Waals surface area contributed by atoms with Crippen LogP contribution in [0.1, 0.15) is 75.5 Å². The molecule has 3 rings (SSSR count). The van der Waals surface area contributed by atoms with Crippen LogP contribution in [0.15, 0.2) is 30.3 Å². The van der Waals surface area contributed by atoms with Gasteiger partial charge in [0.25, 0.3) is 0 Å². The maximum Gasteiger partial charge on any atom is 0.200 e. The van der Waals surface area contributed by atoms with E-state index >= 15 is 0 Å². The molecule has 0 radical (unpaired) electrons. The van der Waals surface area contributed by atoms with Crippen LogP contribution in [0.4, 0.5) is 13.2 Å². The highest BCUT2D eigenvalue weighted by atomic mass is 19.2. The van der Waals surface area contributed by atoms with Crippen molar-refractivity contribution in [1.82, 2.24) is 0 Å². The molecule has 170 valence electrons. The van der Waals surface area contributed by atoms with Crippen LogP contribution in [-0.4, -0.2) is 18.3 Å². The first-order valence-electron chi connectivity index (χ1n) is 11.2. The first kappa shape index (κ1) is 23.5. The molecule has 1 aliphatic carbocycles. The van der Waals surface area contributed by atoms with Gasteiger partial charge < -0.3 is 14.6 Å². The van der Waals surface area contributed by atoms with Gasteiger partial charge in [-0.2, -0.15) is 4.39 Å². The smallest absolute Gasteiger partial charge is 0.200 e. The summed E-state index contributed by atoms with van der Waals surface area (Å²) < 4.78 is 53.8. The minimum absolute atomic E-state index is 0.0440. The van der Waals surface area contributed by atoms with Crippen molar-refractivity contribution in [3.63, 3.8) is 0 Å². The predicted molar refractivity (Wildman–Crippen MR) is 114 cm³/mol. The van der Waals surface area contributed by atoms with Crippen LogP contribution in [0.3, 0.4) is 0 Å². The van der Waals surface area contributed by atoms with Crippen LogP contribution in [-0.2, 0) is 0 Å². The Morgan fingerprint density at radius 1 is 0.935 bits per heavy atom. The monoisotopic (exact) mass is 436 g/mol. The first-order valence-corrected chi connectivity index (χ1v) is 11.2. The van der Waals surface area contributed by atoms with Gasteiger partial charge in [-0.25, -0.2) is 8.78 Å². The molecule has 31 heavy (non-hydrogen) atoms. The fourth-order valence-corrected chi connectivity index (χ4v) is 4.26. The van der Waals surface area contributed by atoms with Crippen molar-refractivity contribution in [2.24, 2.45) is 5.92 Å². The number of ether oxygens (including phenoxy) is 2. The summed E-state index contributed by atoms with van der Waals surface area (Å²) in [7, 11) is 0. The van der Waals surface area contributed by atoms with Gasteiger partial charge in [-0.3, -0.25) is 0 Å². The molecule has 3 nitrogen and oxygen atoms in total. The average molecular weight is 437 g/mol. The minimum Gasteiger partial charge on any atom is -0.491 e. The number of aliphatic hydroxyl groups is 1. The molecule has 0 aliphatic heterocycles. The number of hydrogen-bond donors (Lipinski definition) is 1. The molecule has 0 spiro atoms. The molecule has 0 heterocycles. The molecular weight excluding hydrogens is 405 g/mol. The molecule has 2 aromatic carbocycles. The lowest BCUT2D eigenvalue weighted by molar-refractivity contribution is 0.165. The maximum atomic E-state index is 14.5. The second-order valence-corrected chi connectivity index (χ2v) is 8.24. The lowest BCUT2D eigenvalue weighted by atomic mass is 9.79. The Bertz CT molecular complexity index is 863. The van der Waals surface area contributed by atoms with Gasteiger partial charge in [0.15, 0.2) is 23.1 Å². The summed E-state index contributed by atoms with van der Waals surface area (Å²) >= 11 is 0. The first-order chi connectivity index (χ1) is 14.9. The lowest BCUT2D eigenvalue weighted by Crippen LogP contribution is -2.20. The van der Waals surface area contributed by atoms with Gasteiger partial charge in [-0.05, 0) is 80.2 Å². The lowest BCUT2D eigenvalue weighted by Gasteiger charge is -2.29. The third kappa shape index (κ3) is 5.73. The minimum atomic E-state index is -0.923. The van der Waals surface area contributed by atoms with Crippen molar-refractivity contribution in [2.75, 3.05) is 13.2 Å². The molecule has 1 unspecified atom stereocenters. The predicted octanol–water partition coefficient (Wildman–Crippen LogP) is 6.69. The number of aliphatic hydroxyl groups excluding tert-OH is 1. The maximum absolute atomic E-state index is 14.5. The standard InChI is InChI=1S/C25H31F3O3/c1-3-5-21(29)18-10-12-22(20(26)14-18)31-15-16-6-8-17(9-7-16)19-11-13-23(30-4-2)25(28)24(19)27/h10-14,16-17,21,29H,3-9,15H2,1-2H3. The molecule has 1 fully saturated rings. The Kier molecular flexibility index (Phi) is 8.24. The Morgan fingerprint density at radius 3 is 2.29 bits per heavy atom. The van der Waals surface area contributed by atoms with Crippen LogP contribution in [0, 0.1) is 23.4 Å². The normalized spacial score (nSPS) is 19.8. The van der Waals surface area contributed by atoms with E-state index in [4.69, 9.17) is 9.47 Å². The molecule has 0 saturated heterocycles. The largest absolute Gasteiger partial charge is 0.491 e. The summed E-state index contributed by atoms with van der Waals surface area (Å²) in [6.45, 7) is 4.35. The van der Waals surface area contributed by atoms with E-state index < -0.39 is 23.6 Å². The van der Waals surface area contributed by atoms with Crippen molar-refractivity contribution in [3.8, 4) is 11.5 Å². The van der Waals surface area contributed by atoms with Gasteiger partial charge >= 0.3 is 0 Å². The fraction of sp³-hybridized carbons (Fsp3) is 0.520. The van der Waals surface area contributed by atoms with Crippen LogP contribution >= 0.6 is 0 Å². The zero-order valence-electron chi connectivity index (χ0n) is 18.2. The van der Waals surface area contributed by atoms with E-state index in [9.17, 15) is 18.3 Å². The van der Waals surface area contributed by atoms with Crippen molar-refractivity contribution in [1.29, 1.82) is 0 Å². The summed E-state index contributed by atoms with van der Waals surface area (Å²) in [5.74, 6) is -1.91. The third-order valence-electron chi connectivity index (χ3n) is 6.04. The van der Waals surface area contributed by atoms with Gasteiger partial charge in [0, 0.05) is 0 Å². The topological polar surface area (TPSA) is 38.7 Å². The molecule has 1 N–H and O–H groups in total. The zero-order valence-corrected chi connectivity index (χ0v) is 18.2. The van der Waals surface area contributed by atoms with E-state index in [1.54, 1.807) is 25.1 Å². The Morgan fingerprint density at radius 2 is 1.65 bits per heavy atom. The molecule has 1 aliphatic rings. The third-order valence-corrected chi connectivity index (χ3v) is 6.04. The Labute approximate surface area is 182 Å².